The maximum atomic E-state index is 12.0. The molecule has 196 valence electrons. The Kier molecular flexibility index (Phi) is 7.31. The molecule has 2 saturated heterocycles. The SMILES string of the molecule is CCNC(=O)Nc1ncnc2c1ncn2[C@@H]1O[C@H](COP(=O)([O-])O)[C@@H]2OC(/C=C/c3ccccc3)OC21. The highest BCUT2D eigenvalue weighted by Crippen LogP contribution is 2.42. The molecule has 14 nitrogen and oxygen atoms in total. The van der Waals surface area contributed by atoms with Crippen LogP contribution in [0.4, 0.5) is 10.6 Å². The highest BCUT2D eigenvalue weighted by Gasteiger charge is 2.53. The van der Waals surface area contributed by atoms with E-state index in [2.05, 4.69) is 30.1 Å². The van der Waals surface area contributed by atoms with Gasteiger partial charge in [0.05, 0.1) is 12.9 Å². The summed E-state index contributed by atoms with van der Waals surface area (Å²) in [7, 11) is -4.99. The standard InChI is InChI=1S/C22H25N6O8P/c1-2-23-22(29)27-19-16-20(25-11-24-19)28(12-26-16)21-18-17(14(34-21)10-33-37(30,31)32)35-15(36-18)9-8-13-6-4-3-5-7-13/h3-9,11-12,14-15,17-18,21H,2,10H2,1H3,(H2,30,31,32)(H2,23,24,25,27,29)/p-1/b9-8+/t14-,15?,17+,18?,21-/m1/s1. The number of rotatable bonds is 8. The number of aromatic nitrogens is 4. The summed E-state index contributed by atoms with van der Waals surface area (Å²) in [4.78, 5) is 45.0. The first-order valence-electron chi connectivity index (χ1n) is 11.4. The van der Waals surface area contributed by atoms with E-state index < -0.39 is 51.3 Å². The first-order valence-corrected chi connectivity index (χ1v) is 12.9. The van der Waals surface area contributed by atoms with Gasteiger partial charge < -0.3 is 33.8 Å². The molecule has 3 aromatic rings. The van der Waals surface area contributed by atoms with Crippen LogP contribution >= 0.6 is 7.82 Å². The Labute approximate surface area is 210 Å². The zero-order valence-electron chi connectivity index (χ0n) is 19.5. The molecule has 0 spiro atoms. The van der Waals surface area contributed by atoms with Crippen LogP contribution in [-0.2, 0) is 23.3 Å². The first-order chi connectivity index (χ1) is 17.8. The number of hydrogen-bond acceptors (Lipinski definition) is 10. The van der Waals surface area contributed by atoms with E-state index >= 15 is 0 Å². The van der Waals surface area contributed by atoms with Crippen LogP contribution in [0.5, 0.6) is 0 Å². The minimum Gasteiger partial charge on any atom is -0.756 e. The van der Waals surface area contributed by atoms with Gasteiger partial charge >= 0.3 is 6.03 Å². The van der Waals surface area contributed by atoms with Crippen molar-refractivity contribution in [1.29, 1.82) is 0 Å². The lowest BCUT2D eigenvalue weighted by atomic mass is 10.1. The summed E-state index contributed by atoms with van der Waals surface area (Å²) < 4.78 is 35.6. The van der Waals surface area contributed by atoms with E-state index in [1.807, 2.05) is 36.4 Å². The topological polar surface area (TPSA) is 182 Å². The maximum Gasteiger partial charge on any atom is 0.320 e. The molecule has 0 saturated carbocycles. The van der Waals surface area contributed by atoms with Crippen molar-refractivity contribution in [3.63, 3.8) is 0 Å². The Morgan fingerprint density at radius 3 is 2.76 bits per heavy atom. The van der Waals surface area contributed by atoms with E-state index in [-0.39, 0.29) is 5.82 Å². The smallest absolute Gasteiger partial charge is 0.320 e. The number of urea groups is 1. The third-order valence-electron chi connectivity index (χ3n) is 5.72. The molecular formula is C22H24N6O8P-. The monoisotopic (exact) mass is 531 g/mol. The molecule has 2 aliphatic heterocycles. The molecule has 5 rings (SSSR count). The predicted octanol–water partition coefficient (Wildman–Crippen LogP) is 1.17. The molecular weight excluding hydrogens is 507 g/mol. The predicted molar refractivity (Wildman–Crippen MR) is 127 cm³/mol. The fourth-order valence-corrected chi connectivity index (χ4v) is 4.51. The first kappa shape index (κ1) is 25.4. The Morgan fingerprint density at radius 2 is 2.00 bits per heavy atom. The summed E-state index contributed by atoms with van der Waals surface area (Å²) in [6.07, 6.45) is 2.38. The molecule has 0 aliphatic carbocycles. The van der Waals surface area contributed by atoms with Crippen molar-refractivity contribution >= 4 is 36.9 Å². The number of phosphoric acid groups is 1. The molecule has 2 fully saturated rings. The van der Waals surface area contributed by atoms with Gasteiger partial charge in [0.25, 0.3) is 7.82 Å². The second kappa shape index (κ2) is 10.6. The number of fused-ring (bicyclic) bond motifs is 2. The molecule has 2 aliphatic rings. The van der Waals surface area contributed by atoms with E-state index in [1.165, 1.54) is 12.7 Å². The molecule has 37 heavy (non-hydrogen) atoms. The summed E-state index contributed by atoms with van der Waals surface area (Å²) in [6, 6.07) is 9.11. The van der Waals surface area contributed by atoms with Gasteiger partial charge in [0.1, 0.15) is 24.6 Å². The number of hydrogen-bond donors (Lipinski definition) is 3. The molecule has 3 unspecified atom stereocenters. The normalized spacial score (nSPS) is 26.8. The average Bonchev–Trinajstić information content (AvgIpc) is 3.56. The lowest BCUT2D eigenvalue weighted by molar-refractivity contribution is -0.223. The number of nitrogens with zero attached hydrogens (tertiary/aromatic N) is 4. The van der Waals surface area contributed by atoms with Crippen LogP contribution in [0, 0.1) is 0 Å². The molecule has 0 bridgehead atoms. The van der Waals surface area contributed by atoms with Crippen molar-refractivity contribution in [3.05, 3.63) is 54.6 Å². The Bertz CT molecular complexity index is 1330. The van der Waals surface area contributed by atoms with E-state index in [0.717, 1.165) is 5.56 Å². The Balaban J connectivity index is 1.41. The van der Waals surface area contributed by atoms with Gasteiger partial charge in [0.15, 0.2) is 29.5 Å². The second-order valence-corrected chi connectivity index (χ2v) is 9.40. The minimum absolute atomic E-state index is 0.198. The van der Waals surface area contributed by atoms with Crippen LogP contribution in [0.25, 0.3) is 17.2 Å². The number of ether oxygens (including phenoxy) is 3. The number of amides is 2. The number of imidazole rings is 1. The molecule has 0 radical (unpaired) electrons. The van der Waals surface area contributed by atoms with Crippen molar-refractivity contribution in [2.24, 2.45) is 0 Å². The maximum absolute atomic E-state index is 12.0. The number of nitrogens with one attached hydrogen (secondary N) is 2. The van der Waals surface area contributed by atoms with Crippen LogP contribution in [0.3, 0.4) is 0 Å². The molecule has 15 heteroatoms. The van der Waals surface area contributed by atoms with Crippen LogP contribution < -0.4 is 15.5 Å². The minimum atomic E-state index is -4.99. The summed E-state index contributed by atoms with van der Waals surface area (Å²) in [5.74, 6) is 0.198. The molecule has 2 amide bonds. The van der Waals surface area contributed by atoms with Gasteiger partial charge in [-0.2, -0.15) is 0 Å². The van der Waals surface area contributed by atoms with E-state index in [9.17, 15) is 14.3 Å². The van der Waals surface area contributed by atoms with Crippen molar-refractivity contribution in [2.45, 2.75) is 37.8 Å². The number of carbonyl (C=O) groups excluding carboxylic acids is 1. The van der Waals surface area contributed by atoms with Gasteiger partial charge in [-0.3, -0.25) is 14.4 Å². The van der Waals surface area contributed by atoms with Gasteiger partial charge in [-0.1, -0.05) is 36.4 Å². The summed E-state index contributed by atoms with van der Waals surface area (Å²) in [5, 5.41) is 5.24. The Morgan fingerprint density at radius 1 is 1.22 bits per heavy atom. The lowest BCUT2D eigenvalue weighted by Crippen LogP contribution is -2.32. The molecule has 3 N–H and O–H groups in total. The van der Waals surface area contributed by atoms with Crippen molar-refractivity contribution < 1.29 is 37.9 Å². The van der Waals surface area contributed by atoms with E-state index in [4.69, 9.17) is 19.1 Å². The lowest BCUT2D eigenvalue weighted by Gasteiger charge is -2.22. The number of carbonyl (C=O) groups is 1. The number of phosphoric ester groups is 1. The van der Waals surface area contributed by atoms with Gasteiger partial charge in [0, 0.05) is 6.54 Å². The third kappa shape index (κ3) is 5.70. The summed E-state index contributed by atoms with van der Waals surface area (Å²) in [5.41, 5.74) is 1.60. The number of anilines is 1. The Hall–Kier alpha value is -3.23. The quantitative estimate of drug-likeness (QED) is 0.355. The number of benzene rings is 1. The fraction of sp³-hybridized carbons (Fsp3) is 0.364. The van der Waals surface area contributed by atoms with Crippen LogP contribution in [0.15, 0.2) is 49.1 Å². The average molecular weight is 531 g/mol. The fourth-order valence-electron chi connectivity index (χ4n) is 4.17. The van der Waals surface area contributed by atoms with Crippen LogP contribution in [0.1, 0.15) is 18.7 Å². The van der Waals surface area contributed by atoms with Crippen molar-refractivity contribution in [2.75, 3.05) is 18.5 Å². The molecule has 4 heterocycles. The van der Waals surface area contributed by atoms with Gasteiger partial charge in [-0.15, -0.1) is 0 Å². The van der Waals surface area contributed by atoms with E-state index in [1.54, 1.807) is 17.6 Å². The second-order valence-electron chi connectivity index (χ2n) is 8.20. The van der Waals surface area contributed by atoms with Gasteiger partial charge in [-0.05, 0) is 18.6 Å². The molecule has 6 atom stereocenters. The van der Waals surface area contributed by atoms with Crippen molar-refractivity contribution in [1.82, 2.24) is 24.8 Å². The summed E-state index contributed by atoms with van der Waals surface area (Å²) >= 11 is 0. The van der Waals surface area contributed by atoms with Gasteiger partial charge in [0.2, 0.25) is 0 Å². The third-order valence-corrected chi connectivity index (χ3v) is 6.19. The van der Waals surface area contributed by atoms with Crippen molar-refractivity contribution in [3.8, 4) is 0 Å². The molecule has 2 aromatic heterocycles. The van der Waals surface area contributed by atoms with E-state index in [0.29, 0.717) is 17.7 Å². The zero-order chi connectivity index (χ0) is 26.0. The highest BCUT2D eigenvalue weighted by atomic mass is 31.2. The molecule has 1 aromatic carbocycles. The van der Waals surface area contributed by atoms with Crippen LogP contribution in [0.2, 0.25) is 0 Å². The van der Waals surface area contributed by atoms with Crippen LogP contribution in [-0.4, -0.2) is 68.2 Å². The van der Waals surface area contributed by atoms with Gasteiger partial charge in [-0.25, -0.2) is 19.7 Å². The summed E-state index contributed by atoms with van der Waals surface area (Å²) in [6.45, 7) is 1.73. The largest absolute Gasteiger partial charge is 0.756 e. The zero-order valence-corrected chi connectivity index (χ0v) is 20.4. The highest BCUT2D eigenvalue weighted by molar-refractivity contribution is 7.44.